The minimum absolute atomic E-state index is 0.00574. The highest BCUT2D eigenvalue weighted by Gasteiger charge is 2.15. The van der Waals surface area contributed by atoms with Gasteiger partial charge in [-0.2, -0.15) is 0 Å². The fourth-order valence-corrected chi connectivity index (χ4v) is 1.52. The number of hydrogen-bond acceptors (Lipinski definition) is 3. The highest BCUT2D eigenvalue weighted by molar-refractivity contribution is 5.78. The van der Waals surface area contributed by atoms with Gasteiger partial charge in [-0.3, -0.25) is 4.79 Å². The van der Waals surface area contributed by atoms with Gasteiger partial charge in [-0.1, -0.05) is 20.3 Å². The Bertz CT molecular complexity index is 308. The number of amides is 1. The molecule has 1 amide bonds. The molecule has 1 rings (SSSR count). The maximum atomic E-state index is 11.6. The largest absolute Gasteiger partial charge is 0.467 e. The van der Waals surface area contributed by atoms with E-state index in [0.29, 0.717) is 5.76 Å². The first kappa shape index (κ1) is 12.8. The van der Waals surface area contributed by atoms with Gasteiger partial charge in [-0.15, -0.1) is 0 Å². The zero-order valence-corrected chi connectivity index (χ0v) is 9.77. The summed E-state index contributed by atoms with van der Waals surface area (Å²) in [6.07, 6.45) is 2.57. The third-order valence-electron chi connectivity index (χ3n) is 2.51. The van der Waals surface area contributed by atoms with Crippen molar-refractivity contribution >= 4 is 5.91 Å². The molecule has 2 atom stereocenters. The van der Waals surface area contributed by atoms with Crippen LogP contribution >= 0.6 is 0 Å². The lowest BCUT2D eigenvalue weighted by molar-refractivity contribution is -0.125. The second-order valence-electron chi connectivity index (χ2n) is 3.97. The molecule has 1 heterocycles. The quantitative estimate of drug-likeness (QED) is 0.776. The number of furan rings is 1. The molecule has 0 fully saturated rings. The van der Waals surface area contributed by atoms with Gasteiger partial charge in [0.25, 0.3) is 0 Å². The highest BCUT2D eigenvalue weighted by Crippen LogP contribution is 2.12. The van der Waals surface area contributed by atoms with E-state index in [1.807, 2.05) is 13.8 Å². The zero-order chi connectivity index (χ0) is 12.0. The molecular weight excluding hydrogens is 206 g/mol. The Morgan fingerprint density at radius 1 is 1.62 bits per heavy atom. The topological polar surface area (TPSA) is 62.5 Å². The SMILES string of the molecule is CCCC(C)C(=O)NCC(O)c1ccco1. The fourth-order valence-electron chi connectivity index (χ4n) is 1.52. The normalized spacial score (nSPS) is 14.4. The van der Waals surface area contributed by atoms with Crippen LogP contribution in [0.5, 0.6) is 0 Å². The number of hydrogen-bond donors (Lipinski definition) is 2. The molecule has 16 heavy (non-hydrogen) atoms. The van der Waals surface area contributed by atoms with Gasteiger partial charge >= 0.3 is 0 Å². The first-order chi connectivity index (χ1) is 7.65. The Morgan fingerprint density at radius 3 is 2.94 bits per heavy atom. The van der Waals surface area contributed by atoms with Crippen molar-refractivity contribution in [1.82, 2.24) is 5.32 Å². The first-order valence-electron chi connectivity index (χ1n) is 5.64. The lowest BCUT2D eigenvalue weighted by Crippen LogP contribution is -2.32. The summed E-state index contributed by atoms with van der Waals surface area (Å²) < 4.78 is 5.03. The molecule has 2 unspecified atom stereocenters. The second kappa shape index (κ2) is 6.33. The van der Waals surface area contributed by atoms with Crippen LogP contribution in [0.15, 0.2) is 22.8 Å². The van der Waals surface area contributed by atoms with Crippen molar-refractivity contribution in [2.24, 2.45) is 5.92 Å². The molecule has 0 spiro atoms. The molecular formula is C12H19NO3. The lowest BCUT2D eigenvalue weighted by Gasteiger charge is -2.13. The summed E-state index contributed by atoms with van der Waals surface area (Å²) in [4.78, 5) is 11.6. The molecule has 0 radical (unpaired) electrons. The van der Waals surface area contributed by atoms with E-state index in [1.165, 1.54) is 6.26 Å². The van der Waals surface area contributed by atoms with Gasteiger partial charge in [0, 0.05) is 5.92 Å². The monoisotopic (exact) mass is 225 g/mol. The van der Waals surface area contributed by atoms with E-state index in [2.05, 4.69) is 5.32 Å². The molecule has 90 valence electrons. The molecule has 0 bridgehead atoms. The van der Waals surface area contributed by atoms with Gasteiger partial charge in [0.05, 0.1) is 12.8 Å². The summed E-state index contributed by atoms with van der Waals surface area (Å²) in [7, 11) is 0. The molecule has 1 aromatic rings. The predicted octanol–water partition coefficient (Wildman–Crippen LogP) is 1.87. The van der Waals surface area contributed by atoms with Gasteiger partial charge in [-0.05, 0) is 18.6 Å². The smallest absolute Gasteiger partial charge is 0.222 e. The summed E-state index contributed by atoms with van der Waals surface area (Å²) in [5.41, 5.74) is 0. The van der Waals surface area contributed by atoms with E-state index in [1.54, 1.807) is 12.1 Å². The highest BCUT2D eigenvalue weighted by atomic mass is 16.4. The van der Waals surface area contributed by atoms with Gasteiger partial charge in [0.2, 0.25) is 5.91 Å². The van der Waals surface area contributed by atoms with E-state index in [-0.39, 0.29) is 18.4 Å². The van der Waals surface area contributed by atoms with Crippen LogP contribution < -0.4 is 5.32 Å². The van der Waals surface area contributed by atoms with Crippen LogP contribution in [0.3, 0.4) is 0 Å². The molecule has 0 aliphatic carbocycles. The number of nitrogens with one attached hydrogen (secondary N) is 1. The van der Waals surface area contributed by atoms with Crippen molar-refractivity contribution < 1.29 is 14.3 Å². The third kappa shape index (κ3) is 3.70. The van der Waals surface area contributed by atoms with E-state index in [0.717, 1.165) is 12.8 Å². The van der Waals surface area contributed by atoms with Crippen LogP contribution in [0, 0.1) is 5.92 Å². The predicted molar refractivity (Wildman–Crippen MR) is 60.7 cm³/mol. The lowest BCUT2D eigenvalue weighted by atomic mass is 10.1. The van der Waals surface area contributed by atoms with E-state index in [9.17, 15) is 9.90 Å². The number of aliphatic hydroxyl groups is 1. The minimum Gasteiger partial charge on any atom is -0.467 e. The maximum absolute atomic E-state index is 11.6. The van der Waals surface area contributed by atoms with Crippen LogP contribution in [-0.2, 0) is 4.79 Å². The maximum Gasteiger partial charge on any atom is 0.222 e. The molecule has 1 aromatic heterocycles. The van der Waals surface area contributed by atoms with Gasteiger partial charge < -0.3 is 14.8 Å². The average molecular weight is 225 g/mol. The fraction of sp³-hybridized carbons (Fsp3) is 0.583. The number of carbonyl (C=O) groups excluding carboxylic acids is 1. The number of rotatable bonds is 6. The summed E-state index contributed by atoms with van der Waals surface area (Å²) in [6, 6.07) is 3.40. The van der Waals surface area contributed by atoms with Crippen LogP contribution in [0.1, 0.15) is 38.6 Å². The summed E-state index contributed by atoms with van der Waals surface area (Å²) in [6.45, 7) is 4.12. The van der Waals surface area contributed by atoms with E-state index in [4.69, 9.17) is 4.42 Å². The van der Waals surface area contributed by atoms with Crippen molar-refractivity contribution in [2.75, 3.05) is 6.54 Å². The number of aliphatic hydroxyl groups excluding tert-OH is 1. The molecule has 2 N–H and O–H groups in total. The molecule has 4 nitrogen and oxygen atoms in total. The zero-order valence-electron chi connectivity index (χ0n) is 9.77. The molecule has 0 aliphatic rings. The Hall–Kier alpha value is -1.29. The first-order valence-corrected chi connectivity index (χ1v) is 5.64. The van der Waals surface area contributed by atoms with Crippen LogP contribution in [-0.4, -0.2) is 17.6 Å². The van der Waals surface area contributed by atoms with Crippen molar-refractivity contribution in [3.8, 4) is 0 Å². The van der Waals surface area contributed by atoms with Crippen molar-refractivity contribution in [3.63, 3.8) is 0 Å². The average Bonchev–Trinajstić information content (AvgIpc) is 2.79. The van der Waals surface area contributed by atoms with Gasteiger partial charge in [0.1, 0.15) is 11.9 Å². The van der Waals surface area contributed by atoms with Gasteiger partial charge in [-0.25, -0.2) is 0 Å². The Balaban J connectivity index is 2.31. The number of carbonyl (C=O) groups is 1. The third-order valence-corrected chi connectivity index (χ3v) is 2.51. The Morgan fingerprint density at radius 2 is 2.38 bits per heavy atom. The van der Waals surface area contributed by atoms with Gasteiger partial charge in [0.15, 0.2) is 0 Å². The molecule has 0 aromatic carbocycles. The molecule has 0 saturated carbocycles. The van der Waals surface area contributed by atoms with E-state index < -0.39 is 6.10 Å². The van der Waals surface area contributed by atoms with Crippen LogP contribution in [0.25, 0.3) is 0 Å². The summed E-state index contributed by atoms with van der Waals surface area (Å²) in [5, 5.41) is 12.4. The standard InChI is InChI=1S/C12H19NO3/c1-3-5-9(2)12(15)13-8-10(14)11-6-4-7-16-11/h4,6-7,9-10,14H,3,5,8H2,1-2H3,(H,13,15). The van der Waals surface area contributed by atoms with Crippen LogP contribution in [0.4, 0.5) is 0 Å². The summed E-state index contributed by atoms with van der Waals surface area (Å²) in [5.74, 6) is 0.449. The van der Waals surface area contributed by atoms with Crippen molar-refractivity contribution in [1.29, 1.82) is 0 Å². The summed E-state index contributed by atoms with van der Waals surface area (Å²) >= 11 is 0. The Labute approximate surface area is 95.7 Å². The Kier molecular flexibility index (Phi) is 5.05. The second-order valence-corrected chi connectivity index (χ2v) is 3.97. The minimum atomic E-state index is -0.771. The van der Waals surface area contributed by atoms with Crippen molar-refractivity contribution in [2.45, 2.75) is 32.8 Å². The van der Waals surface area contributed by atoms with Crippen LogP contribution in [0.2, 0.25) is 0 Å². The molecule has 0 aliphatic heterocycles. The molecule has 4 heteroatoms. The van der Waals surface area contributed by atoms with Crippen molar-refractivity contribution in [3.05, 3.63) is 24.2 Å². The molecule has 0 saturated heterocycles. The van der Waals surface area contributed by atoms with E-state index >= 15 is 0 Å².